The smallest absolute Gasteiger partial charge is 0.209 e. The van der Waals surface area contributed by atoms with Gasteiger partial charge < -0.3 is 15.0 Å². The third-order valence-corrected chi connectivity index (χ3v) is 4.71. The van der Waals surface area contributed by atoms with Crippen molar-refractivity contribution in [1.82, 2.24) is 9.78 Å². The fourth-order valence-corrected chi connectivity index (χ4v) is 3.27. The van der Waals surface area contributed by atoms with Crippen molar-refractivity contribution in [3.8, 4) is 0 Å². The first-order valence-corrected chi connectivity index (χ1v) is 8.26. The summed E-state index contributed by atoms with van der Waals surface area (Å²) in [7, 11) is 0. The van der Waals surface area contributed by atoms with Crippen molar-refractivity contribution >= 4 is 34.4 Å². The van der Waals surface area contributed by atoms with Crippen molar-refractivity contribution in [2.75, 3.05) is 31.6 Å². The van der Waals surface area contributed by atoms with Crippen molar-refractivity contribution in [2.24, 2.45) is 0 Å². The van der Waals surface area contributed by atoms with Crippen LogP contribution in [0.5, 0.6) is 0 Å². The molecule has 1 fully saturated rings. The molecule has 0 bridgehead atoms. The van der Waals surface area contributed by atoms with Gasteiger partial charge in [0.2, 0.25) is 5.13 Å². The maximum Gasteiger partial charge on any atom is 0.209 e. The summed E-state index contributed by atoms with van der Waals surface area (Å²) in [6.45, 7) is 6.56. The lowest BCUT2D eigenvalue weighted by Gasteiger charge is -2.23. The molecule has 1 aromatic heterocycles. The Kier molecular flexibility index (Phi) is 4.64. The number of aromatic nitrogens is 2. The summed E-state index contributed by atoms with van der Waals surface area (Å²) in [6.07, 6.45) is 0. The van der Waals surface area contributed by atoms with Gasteiger partial charge in [0.05, 0.1) is 13.2 Å². The molecule has 2 aromatic rings. The first kappa shape index (κ1) is 14.6. The number of quaternary nitrogens is 1. The molecule has 1 saturated heterocycles. The molecule has 2 heterocycles. The minimum Gasteiger partial charge on any atom is -0.370 e. The Morgan fingerprint density at radius 2 is 2.05 bits per heavy atom. The van der Waals surface area contributed by atoms with Crippen molar-refractivity contribution in [3.63, 3.8) is 0 Å². The highest BCUT2D eigenvalue weighted by Gasteiger charge is 2.15. The molecule has 0 aliphatic carbocycles. The first-order valence-electron chi connectivity index (χ1n) is 7.04. The predicted molar refractivity (Wildman–Crippen MR) is 86.9 cm³/mol. The van der Waals surface area contributed by atoms with E-state index < -0.39 is 0 Å². The lowest BCUT2D eigenvalue weighted by atomic mass is 10.2. The topological polar surface area (TPSA) is 43.5 Å². The number of morpholine rings is 1. The molecule has 21 heavy (non-hydrogen) atoms. The van der Waals surface area contributed by atoms with Crippen molar-refractivity contribution in [1.29, 1.82) is 0 Å². The van der Waals surface area contributed by atoms with E-state index in [-0.39, 0.29) is 0 Å². The summed E-state index contributed by atoms with van der Waals surface area (Å²) >= 11 is 6.93. The molecule has 7 heteroatoms. The Labute approximate surface area is 133 Å². The Balaban J connectivity index is 1.68. The molecular weight excluding hydrogens is 304 g/mol. The summed E-state index contributed by atoms with van der Waals surface area (Å²) in [5.74, 6) is 0. The third-order valence-electron chi connectivity index (χ3n) is 3.48. The summed E-state index contributed by atoms with van der Waals surface area (Å²) in [5, 5.41) is 8.74. The number of hydrogen-bond donors (Lipinski definition) is 2. The van der Waals surface area contributed by atoms with Gasteiger partial charge in [-0.2, -0.15) is 4.68 Å². The molecular formula is C14H19N4OS2+. The van der Waals surface area contributed by atoms with E-state index in [0.717, 1.165) is 47.7 Å². The van der Waals surface area contributed by atoms with Gasteiger partial charge >= 0.3 is 0 Å². The SMILES string of the molecule is Cc1ccc(Nc2nn(C[NH+]3CCOCC3)c(=S)s2)cc1. The third kappa shape index (κ3) is 3.88. The van der Waals surface area contributed by atoms with Crippen LogP contribution in [0.15, 0.2) is 24.3 Å². The Bertz CT molecular complexity index is 644. The lowest BCUT2D eigenvalue weighted by molar-refractivity contribution is -0.930. The standard InChI is InChI=1S/C14H18N4OS2/c1-11-2-4-12(5-3-11)15-13-16-18(14(20)21-13)10-17-6-8-19-9-7-17/h2-5H,6-10H2,1H3,(H,15,16)/p+1. The number of ether oxygens (including phenoxy) is 1. The molecule has 3 rings (SSSR count). The van der Waals surface area contributed by atoms with E-state index in [4.69, 9.17) is 17.0 Å². The molecule has 0 spiro atoms. The number of nitrogens with one attached hydrogen (secondary N) is 2. The van der Waals surface area contributed by atoms with E-state index in [9.17, 15) is 0 Å². The van der Waals surface area contributed by atoms with Crippen LogP contribution < -0.4 is 10.2 Å². The van der Waals surface area contributed by atoms with E-state index in [2.05, 4.69) is 41.6 Å². The highest BCUT2D eigenvalue weighted by atomic mass is 32.1. The quantitative estimate of drug-likeness (QED) is 0.839. The minimum absolute atomic E-state index is 0.809. The fourth-order valence-electron chi connectivity index (χ4n) is 2.25. The summed E-state index contributed by atoms with van der Waals surface area (Å²) < 4.78 is 8.10. The summed E-state index contributed by atoms with van der Waals surface area (Å²) in [6, 6.07) is 8.27. The molecule has 112 valence electrons. The van der Waals surface area contributed by atoms with Crippen LogP contribution in [0.25, 0.3) is 0 Å². The van der Waals surface area contributed by atoms with Gasteiger partial charge in [0.1, 0.15) is 13.1 Å². The molecule has 0 amide bonds. The number of anilines is 2. The van der Waals surface area contributed by atoms with Crippen LogP contribution in [-0.2, 0) is 11.4 Å². The molecule has 1 aliphatic rings. The van der Waals surface area contributed by atoms with Crippen LogP contribution in [0.2, 0.25) is 0 Å². The van der Waals surface area contributed by atoms with E-state index in [1.165, 1.54) is 21.8 Å². The van der Waals surface area contributed by atoms with Gasteiger partial charge in [-0.25, -0.2) is 0 Å². The van der Waals surface area contributed by atoms with Crippen LogP contribution in [0.3, 0.4) is 0 Å². The average Bonchev–Trinajstić information content (AvgIpc) is 2.82. The number of aryl methyl sites for hydroxylation is 1. The van der Waals surface area contributed by atoms with Crippen LogP contribution in [0.4, 0.5) is 10.8 Å². The molecule has 0 unspecified atom stereocenters. The van der Waals surface area contributed by atoms with Gasteiger partial charge in [-0.3, -0.25) is 0 Å². The van der Waals surface area contributed by atoms with Gasteiger partial charge in [0.25, 0.3) is 0 Å². The van der Waals surface area contributed by atoms with Crippen LogP contribution in [0, 0.1) is 10.9 Å². The number of rotatable bonds is 4. The van der Waals surface area contributed by atoms with Crippen molar-refractivity contribution in [3.05, 3.63) is 33.8 Å². The minimum atomic E-state index is 0.809. The van der Waals surface area contributed by atoms with Crippen LogP contribution in [0.1, 0.15) is 5.56 Å². The largest absolute Gasteiger partial charge is 0.370 e. The molecule has 1 aromatic carbocycles. The van der Waals surface area contributed by atoms with E-state index >= 15 is 0 Å². The number of hydrogen-bond acceptors (Lipinski definition) is 5. The molecule has 5 nitrogen and oxygen atoms in total. The fraction of sp³-hybridized carbons (Fsp3) is 0.429. The van der Waals surface area contributed by atoms with E-state index in [1.807, 2.05) is 4.68 Å². The molecule has 2 N–H and O–H groups in total. The second kappa shape index (κ2) is 6.65. The van der Waals surface area contributed by atoms with E-state index in [0.29, 0.717) is 0 Å². The van der Waals surface area contributed by atoms with Crippen molar-refractivity contribution in [2.45, 2.75) is 13.6 Å². The monoisotopic (exact) mass is 323 g/mol. The number of benzene rings is 1. The second-order valence-corrected chi connectivity index (χ2v) is 6.81. The zero-order valence-corrected chi connectivity index (χ0v) is 13.6. The van der Waals surface area contributed by atoms with Gasteiger partial charge in [0.15, 0.2) is 10.6 Å². The molecule has 0 saturated carbocycles. The average molecular weight is 323 g/mol. The highest BCUT2D eigenvalue weighted by Crippen LogP contribution is 2.20. The Morgan fingerprint density at radius 1 is 1.33 bits per heavy atom. The normalized spacial score (nSPS) is 16.0. The van der Waals surface area contributed by atoms with Crippen LogP contribution >= 0.6 is 23.6 Å². The van der Waals surface area contributed by atoms with Gasteiger partial charge in [0, 0.05) is 5.69 Å². The van der Waals surface area contributed by atoms with Gasteiger partial charge in [-0.05, 0) is 31.3 Å². The number of nitrogens with zero attached hydrogens (tertiary/aromatic N) is 2. The van der Waals surface area contributed by atoms with Gasteiger partial charge in [-0.15, -0.1) is 5.10 Å². The molecule has 0 radical (unpaired) electrons. The predicted octanol–water partition coefficient (Wildman–Crippen LogP) is 1.60. The Morgan fingerprint density at radius 3 is 2.76 bits per heavy atom. The zero-order valence-electron chi connectivity index (χ0n) is 12.0. The van der Waals surface area contributed by atoms with Crippen molar-refractivity contribution < 1.29 is 9.64 Å². The maximum absolute atomic E-state index is 5.41. The lowest BCUT2D eigenvalue weighted by Crippen LogP contribution is -3.13. The second-order valence-electron chi connectivity index (χ2n) is 5.18. The highest BCUT2D eigenvalue weighted by molar-refractivity contribution is 7.73. The van der Waals surface area contributed by atoms with E-state index in [1.54, 1.807) is 0 Å². The molecule has 1 aliphatic heterocycles. The Hall–Kier alpha value is -1.28. The maximum atomic E-state index is 5.41. The first-order chi connectivity index (χ1) is 10.2. The van der Waals surface area contributed by atoms with Crippen LogP contribution in [-0.4, -0.2) is 36.1 Å². The molecule has 0 atom stereocenters. The summed E-state index contributed by atoms with van der Waals surface area (Å²) in [4.78, 5) is 1.46. The van der Waals surface area contributed by atoms with Gasteiger partial charge in [-0.1, -0.05) is 29.0 Å². The zero-order chi connectivity index (χ0) is 14.7. The summed E-state index contributed by atoms with van der Waals surface area (Å²) in [5.41, 5.74) is 2.28.